The fourth-order valence-corrected chi connectivity index (χ4v) is 2.64. The van der Waals surface area contributed by atoms with Crippen molar-refractivity contribution in [2.24, 2.45) is 0 Å². The molecular formula is C19H20N2O. The van der Waals surface area contributed by atoms with E-state index in [9.17, 15) is 5.11 Å². The molecule has 3 aromatic rings. The number of benzene rings is 2. The molecule has 3 nitrogen and oxygen atoms in total. The Morgan fingerprint density at radius 3 is 2.68 bits per heavy atom. The highest BCUT2D eigenvalue weighted by Crippen LogP contribution is 2.20. The maximum Gasteiger partial charge on any atom is 0.0685 e. The minimum absolute atomic E-state index is 0.0786. The molecule has 0 bridgehead atoms. The van der Waals surface area contributed by atoms with Crippen LogP contribution in [0.25, 0.3) is 10.8 Å². The summed E-state index contributed by atoms with van der Waals surface area (Å²) in [5, 5.41) is 15.3. The number of nitrogens with one attached hydrogen (secondary N) is 1. The third-order valence-electron chi connectivity index (χ3n) is 4.05. The number of pyridine rings is 1. The molecule has 0 amide bonds. The first-order chi connectivity index (χ1) is 10.8. The van der Waals surface area contributed by atoms with Crippen LogP contribution >= 0.6 is 0 Å². The van der Waals surface area contributed by atoms with Gasteiger partial charge in [0.15, 0.2) is 0 Å². The van der Waals surface area contributed by atoms with Gasteiger partial charge in [-0.1, -0.05) is 36.4 Å². The van der Waals surface area contributed by atoms with Gasteiger partial charge in [-0.05, 0) is 41.1 Å². The van der Waals surface area contributed by atoms with Crippen molar-refractivity contribution < 1.29 is 5.11 Å². The van der Waals surface area contributed by atoms with Gasteiger partial charge in [0.25, 0.3) is 0 Å². The molecule has 0 saturated carbocycles. The van der Waals surface area contributed by atoms with Gasteiger partial charge in [0.05, 0.1) is 6.61 Å². The summed E-state index contributed by atoms with van der Waals surface area (Å²) in [5.74, 6) is 0. The molecule has 0 aliphatic carbocycles. The number of fused-ring (bicyclic) bond motifs is 1. The fourth-order valence-electron chi connectivity index (χ4n) is 2.64. The van der Waals surface area contributed by atoms with Crippen LogP contribution in [-0.2, 0) is 13.2 Å². The zero-order valence-electron chi connectivity index (χ0n) is 12.7. The minimum atomic E-state index is 0.0786. The van der Waals surface area contributed by atoms with E-state index in [1.807, 2.05) is 36.7 Å². The Morgan fingerprint density at radius 2 is 1.86 bits per heavy atom. The maximum absolute atomic E-state index is 9.39. The van der Waals surface area contributed by atoms with Crippen LogP contribution in [0.4, 0.5) is 0 Å². The lowest BCUT2D eigenvalue weighted by Gasteiger charge is -2.16. The quantitative estimate of drug-likeness (QED) is 0.755. The highest BCUT2D eigenvalue weighted by atomic mass is 16.3. The topological polar surface area (TPSA) is 45.1 Å². The van der Waals surface area contributed by atoms with Crippen LogP contribution in [-0.4, -0.2) is 10.1 Å². The van der Waals surface area contributed by atoms with Gasteiger partial charge in [-0.3, -0.25) is 4.98 Å². The molecule has 0 radical (unpaired) electrons. The summed E-state index contributed by atoms with van der Waals surface area (Å²) in [7, 11) is 0. The lowest BCUT2D eigenvalue weighted by molar-refractivity contribution is 0.280. The molecule has 0 saturated heterocycles. The monoisotopic (exact) mass is 292 g/mol. The van der Waals surface area contributed by atoms with Crippen LogP contribution < -0.4 is 5.32 Å². The predicted molar refractivity (Wildman–Crippen MR) is 89.4 cm³/mol. The Kier molecular flexibility index (Phi) is 4.47. The largest absolute Gasteiger partial charge is 0.392 e. The average Bonchev–Trinajstić information content (AvgIpc) is 2.59. The number of aromatic nitrogens is 1. The van der Waals surface area contributed by atoms with Gasteiger partial charge in [0, 0.05) is 30.4 Å². The number of rotatable bonds is 5. The first-order valence-corrected chi connectivity index (χ1v) is 7.52. The standard InChI is InChI=1S/C19H20N2O/c1-14(21-12-17-4-2-3-5-19(17)13-22)15-6-7-18-11-20-9-8-16(18)10-15/h2-11,14,21-22H,12-13H2,1H3. The van der Waals surface area contributed by atoms with E-state index in [4.69, 9.17) is 0 Å². The Labute approximate surface area is 130 Å². The normalized spacial score (nSPS) is 12.5. The van der Waals surface area contributed by atoms with Crippen LogP contribution in [0, 0.1) is 0 Å². The molecule has 1 atom stereocenters. The van der Waals surface area contributed by atoms with Crippen molar-refractivity contribution in [3.05, 3.63) is 77.6 Å². The van der Waals surface area contributed by atoms with Crippen LogP contribution in [0.2, 0.25) is 0 Å². The number of nitrogens with zero attached hydrogens (tertiary/aromatic N) is 1. The van der Waals surface area contributed by atoms with Crippen molar-refractivity contribution in [3.63, 3.8) is 0 Å². The lowest BCUT2D eigenvalue weighted by atomic mass is 10.0. The summed E-state index contributed by atoms with van der Waals surface area (Å²) >= 11 is 0. The van der Waals surface area contributed by atoms with E-state index in [-0.39, 0.29) is 12.6 Å². The second kappa shape index (κ2) is 6.69. The van der Waals surface area contributed by atoms with Crippen molar-refractivity contribution in [1.29, 1.82) is 0 Å². The average molecular weight is 292 g/mol. The molecule has 1 aromatic heterocycles. The first-order valence-electron chi connectivity index (χ1n) is 7.52. The number of aliphatic hydroxyl groups is 1. The van der Waals surface area contributed by atoms with E-state index in [2.05, 4.69) is 41.5 Å². The predicted octanol–water partition coefficient (Wildman–Crippen LogP) is 3.58. The molecule has 22 heavy (non-hydrogen) atoms. The van der Waals surface area contributed by atoms with E-state index in [0.29, 0.717) is 0 Å². The molecule has 2 aromatic carbocycles. The van der Waals surface area contributed by atoms with Gasteiger partial charge in [-0.25, -0.2) is 0 Å². The number of hydrogen-bond acceptors (Lipinski definition) is 3. The smallest absolute Gasteiger partial charge is 0.0685 e. The highest BCUT2D eigenvalue weighted by Gasteiger charge is 2.07. The molecular weight excluding hydrogens is 272 g/mol. The third kappa shape index (κ3) is 3.16. The van der Waals surface area contributed by atoms with E-state index >= 15 is 0 Å². The SMILES string of the molecule is CC(NCc1ccccc1CO)c1ccc2cnccc2c1. The number of hydrogen-bond donors (Lipinski definition) is 2. The van der Waals surface area contributed by atoms with E-state index in [0.717, 1.165) is 23.1 Å². The molecule has 1 heterocycles. The Bertz CT molecular complexity index is 770. The minimum Gasteiger partial charge on any atom is -0.392 e. The molecule has 2 N–H and O–H groups in total. The van der Waals surface area contributed by atoms with Crippen molar-refractivity contribution in [1.82, 2.24) is 10.3 Å². The van der Waals surface area contributed by atoms with Crippen LogP contribution in [0.3, 0.4) is 0 Å². The molecule has 0 aliphatic rings. The van der Waals surface area contributed by atoms with Crippen LogP contribution in [0.1, 0.15) is 29.7 Å². The second-order valence-electron chi connectivity index (χ2n) is 5.51. The molecule has 0 aliphatic heterocycles. The molecule has 112 valence electrons. The summed E-state index contributed by atoms with van der Waals surface area (Å²) in [6, 6.07) is 16.7. The van der Waals surface area contributed by atoms with Gasteiger partial charge in [-0.15, -0.1) is 0 Å². The number of aliphatic hydroxyl groups excluding tert-OH is 1. The van der Waals surface area contributed by atoms with Crippen molar-refractivity contribution >= 4 is 10.8 Å². The van der Waals surface area contributed by atoms with Gasteiger partial charge in [0.2, 0.25) is 0 Å². The molecule has 3 heteroatoms. The highest BCUT2D eigenvalue weighted by molar-refractivity contribution is 5.82. The Hall–Kier alpha value is -2.23. The van der Waals surface area contributed by atoms with Crippen molar-refractivity contribution in [2.75, 3.05) is 0 Å². The lowest BCUT2D eigenvalue weighted by Crippen LogP contribution is -2.19. The zero-order valence-corrected chi connectivity index (χ0v) is 12.7. The Balaban J connectivity index is 1.74. The first kappa shape index (κ1) is 14.7. The van der Waals surface area contributed by atoms with Gasteiger partial charge in [-0.2, -0.15) is 0 Å². The zero-order chi connectivity index (χ0) is 15.4. The third-order valence-corrected chi connectivity index (χ3v) is 4.05. The van der Waals surface area contributed by atoms with Gasteiger partial charge < -0.3 is 10.4 Å². The summed E-state index contributed by atoms with van der Waals surface area (Å²) in [4.78, 5) is 4.14. The molecule has 0 fully saturated rings. The summed E-state index contributed by atoms with van der Waals surface area (Å²) < 4.78 is 0. The summed E-state index contributed by atoms with van der Waals surface area (Å²) in [6.07, 6.45) is 3.70. The van der Waals surface area contributed by atoms with Crippen LogP contribution in [0.5, 0.6) is 0 Å². The van der Waals surface area contributed by atoms with E-state index in [1.54, 1.807) is 0 Å². The van der Waals surface area contributed by atoms with Crippen LogP contribution in [0.15, 0.2) is 60.9 Å². The summed E-state index contributed by atoms with van der Waals surface area (Å²) in [6.45, 7) is 2.98. The van der Waals surface area contributed by atoms with E-state index < -0.39 is 0 Å². The fraction of sp³-hybridized carbons (Fsp3) is 0.211. The summed E-state index contributed by atoms with van der Waals surface area (Å²) in [5.41, 5.74) is 3.37. The molecule has 1 unspecified atom stereocenters. The second-order valence-corrected chi connectivity index (χ2v) is 5.51. The maximum atomic E-state index is 9.39. The van der Waals surface area contributed by atoms with Gasteiger partial charge in [0.1, 0.15) is 0 Å². The van der Waals surface area contributed by atoms with Crippen molar-refractivity contribution in [3.8, 4) is 0 Å². The Morgan fingerprint density at radius 1 is 1.05 bits per heavy atom. The van der Waals surface area contributed by atoms with Crippen molar-refractivity contribution in [2.45, 2.75) is 26.1 Å². The molecule has 0 spiro atoms. The van der Waals surface area contributed by atoms with Gasteiger partial charge >= 0.3 is 0 Å². The van der Waals surface area contributed by atoms with E-state index in [1.165, 1.54) is 10.9 Å². The molecule has 3 rings (SSSR count).